The molecule has 2 aliphatic heterocycles. The first-order valence-corrected chi connectivity index (χ1v) is 12.0. The third kappa shape index (κ3) is 5.94. The average Bonchev–Trinajstić information content (AvgIpc) is 2.82. The summed E-state index contributed by atoms with van der Waals surface area (Å²) in [6.45, 7) is 8.78. The van der Waals surface area contributed by atoms with Crippen molar-refractivity contribution in [3.05, 3.63) is 23.8 Å². The van der Waals surface area contributed by atoms with E-state index in [1.54, 1.807) is 14.2 Å². The van der Waals surface area contributed by atoms with Crippen LogP contribution < -0.4 is 14.8 Å². The molecular formula is C25H39N3O4. The number of nitrogens with one attached hydrogen (secondary N) is 1. The molecule has 0 bridgehead atoms. The second kappa shape index (κ2) is 11.5. The number of rotatable bonds is 10. The molecule has 0 saturated carbocycles. The van der Waals surface area contributed by atoms with Gasteiger partial charge in [-0.3, -0.25) is 9.59 Å². The van der Waals surface area contributed by atoms with Crippen molar-refractivity contribution in [2.24, 2.45) is 11.8 Å². The summed E-state index contributed by atoms with van der Waals surface area (Å²) in [6.07, 6.45) is 5.27. The Morgan fingerprint density at radius 3 is 2.50 bits per heavy atom. The largest absolute Gasteiger partial charge is 0.493 e. The van der Waals surface area contributed by atoms with Gasteiger partial charge >= 0.3 is 11.8 Å². The number of piperazine rings is 1. The zero-order chi connectivity index (χ0) is 23.1. The number of hydrogen-bond donors (Lipinski definition) is 1. The molecule has 2 fully saturated rings. The molecule has 1 aromatic carbocycles. The number of aryl methyl sites for hydroxylation is 1. The van der Waals surface area contributed by atoms with Crippen LogP contribution in [0.4, 0.5) is 0 Å². The van der Waals surface area contributed by atoms with Gasteiger partial charge in [0.25, 0.3) is 0 Å². The quantitative estimate of drug-likeness (QED) is 0.561. The summed E-state index contributed by atoms with van der Waals surface area (Å²) < 4.78 is 10.7. The van der Waals surface area contributed by atoms with E-state index in [1.807, 2.05) is 11.0 Å². The second-order valence-corrected chi connectivity index (χ2v) is 9.20. The van der Waals surface area contributed by atoms with Crippen LogP contribution in [-0.4, -0.2) is 74.6 Å². The lowest BCUT2D eigenvalue weighted by atomic mass is 9.91. The summed E-state index contributed by atoms with van der Waals surface area (Å²) in [5.74, 6) is 1.60. The van der Waals surface area contributed by atoms with Crippen LogP contribution in [0.15, 0.2) is 18.2 Å². The van der Waals surface area contributed by atoms with Gasteiger partial charge in [0, 0.05) is 13.1 Å². The number of methoxy groups -OCH3 is 2. The Balaban J connectivity index is 1.44. The Labute approximate surface area is 192 Å². The number of carbonyl (C=O) groups is 2. The van der Waals surface area contributed by atoms with E-state index >= 15 is 0 Å². The number of ether oxygens (including phenoxy) is 2. The summed E-state index contributed by atoms with van der Waals surface area (Å²) in [6, 6.07) is 6.25. The number of carbonyl (C=O) groups excluding carboxylic acids is 2. The number of hydrogen-bond acceptors (Lipinski definition) is 5. The number of piperidine rings is 1. The van der Waals surface area contributed by atoms with Crippen molar-refractivity contribution in [1.82, 2.24) is 15.1 Å². The Hall–Kier alpha value is -2.28. The molecule has 0 radical (unpaired) electrons. The zero-order valence-electron chi connectivity index (χ0n) is 20.1. The second-order valence-electron chi connectivity index (χ2n) is 9.20. The van der Waals surface area contributed by atoms with Crippen LogP contribution in [-0.2, 0) is 16.0 Å². The van der Waals surface area contributed by atoms with E-state index in [2.05, 4.69) is 36.2 Å². The van der Waals surface area contributed by atoms with Crippen LogP contribution >= 0.6 is 0 Å². The first-order valence-electron chi connectivity index (χ1n) is 12.0. The fraction of sp³-hybridized carbons (Fsp3) is 0.680. The molecule has 0 spiro atoms. The van der Waals surface area contributed by atoms with E-state index in [4.69, 9.17) is 9.47 Å². The number of likely N-dealkylation sites (tertiary alicyclic amines) is 1. The normalized spacial score (nSPS) is 21.4. The monoisotopic (exact) mass is 445 g/mol. The smallest absolute Gasteiger partial charge is 0.312 e. The van der Waals surface area contributed by atoms with Gasteiger partial charge in [-0.05, 0) is 74.8 Å². The summed E-state index contributed by atoms with van der Waals surface area (Å²) in [5, 5.41) is 2.77. The molecule has 32 heavy (non-hydrogen) atoms. The van der Waals surface area contributed by atoms with E-state index in [0.29, 0.717) is 24.9 Å². The van der Waals surface area contributed by atoms with Gasteiger partial charge in [0.05, 0.1) is 20.3 Å². The maximum Gasteiger partial charge on any atom is 0.312 e. The van der Waals surface area contributed by atoms with E-state index in [0.717, 1.165) is 63.2 Å². The van der Waals surface area contributed by atoms with Gasteiger partial charge < -0.3 is 24.6 Å². The van der Waals surface area contributed by atoms with Crippen molar-refractivity contribution in [2.75, 3.05) is 46.9 Å². The predicted molar refractivity (Wildman–Crippen MR) is 125 cm³/mol. The third-order valence-corrected chi connectivity index (χ3v) is 7.18. The minimum atomic E-state index is -0.447. The van der Waals surface area contributed by atoms with Crippen LogP contribution in [0.25, 0.3) is 0 Å². The fourth-order valence-electron chi connectivity index (χ4n) is 4.88. The predicted octanol–water partition coefficient (Wildman–Crippen LogP) is 2.72. The summed E-state index contributed by atoms with van der Waals surface area (Å²) in [4.78, 5) is 28.9. The minimum absolute atomic E-state index is 0.115. The van der Waals surface area contributed by atoms with Gasteiger partial charge in [0.2, 0.25) is 0 Å². The van der Waals surface area contributed by atoms with Crippen LogP contribution in [0.3, 0.4) is 0 Å². The maximum absolute atomic E-state index is 12.5. The highest BCUT2D eigenvalue weighted by Crippen LogP contribution is 2.28. The molecule has 2 atom stereocenters. The molecule has 0 unspecified atom stereocenters. The summed E-state index contributed by atoms with van der Waals surface area (Å²) in [5.41, 5.74) is 1.26. The van der Waals surface area contributed by atoms with Crippen LogP contribution in [0.1, 0.15) is 45.1 Å². The van der Waals surface area contributed by atoms with Gasteiger partial charge in [-0.1, -0.05) is 26.3 Å². The lowest BCUT2D eigenvalue weighted by Crippen LogP contribution is -2.61. The van der Waals surface area contributed by atoms with Gasteiger partial charge in [-0.15, -0.1) is 0 Å². The van der Waals surface area contributed by atoms with Crippen LogP contribution in [0, 0.1) is 11.8 Å². The van der Waals surface area contributed by atoms with Gasteiger partial charge in [0.1, 0.15) is 0 Å². The van der Waals surface area contributed by atoms with Crippen molar-refractivity contribution < 1.29 is 19.1 Å². The van der Waals surface area contributed by atoms with Crippen LogP contribution in [0.5, 0.6) is 11.5 Å². The van der Waals surface area contributed by atoms with Gasteiger partial charge in [0.15, 0.2) is 11.5 Å². The SMILES string of the molecule is CC[C@H](C)[C@H]1CNC(=O)C(=O)N1CC1CCN(CCCc2ccc(OC)c(OC)c2)CC1. The van der Waals surface area contributed by atoms with Crippen molar-refractivity contribution in [3.63, 3.8) is 0 Å². The Bertz CT molecular complexity index is 776. The van der Waals surface area contributed by atoms with Crippen LogP contribution in [0.2, 0.25) is 0 Å². The number of nitrogens with zero attached hydrogens (tertiary/aromatic N) is 2. The number of amides is 2. The molecule has 7 nitrogen and oxygen atoms in total. The number of benzene rings is 1. The van der Waals surface area contributed by atoms with Gasteiger partial charge in [-0.25, -0.2) is 0 Å². The molecule has 1 N–H and O–H groups in total. The highest BCUT2D eigenvalue weighted by atomic mass is 16.5. The van der Waals surface area contributed by atoms with E-state index in [-0.39, 0.29) is 11.9 Å². The van der Waals surface area contributed by atoms with E-state index < -0.39 is 5.91 Å². The molecule has 7 heteroatoms. The molecule has 2 heterocycles. The summed E-state index contributed by atoms with van der Waals surface area (Å²) >= 11 is 0. The van der Waals surface area contributed by atoms with Crippen molar-refractivity contribution in [3.8, 4) is 11.5 Å². The highest BCUT2D eigenvalue weighted by molar-refractivity contribution is 6.35. The lowest BCUT2D eigenvalue weighted by Gasteiger charge is -2.42. The van der Waals surface area contributed by atoms with Crippen molar-refractivity contribution in [1.29, 1.82) is 0 Å². The molecule has 1 aromatic rings. The topological polar surface area (TPSA) is 71.1 Å². The molecule has 3 rings (SSSR count). The summed E-state index contributed by atoms with van der Waals surface area (Å²) in [7, 11) is 3.32. The Kier molecular flexibility index (Phi) is 8.79. The lowest BCUT2D eigenvalue weighted by molar-refractivity contribution is -0.152. The minimum Gasteiger partial charge on any atom is -0.493 e. The first kappa shape index (κ1) is 24.4. The maximum atomic E-state index is 12.5. The van der Waals surface area contributed by atoms with Crippen molar-refractivity contribution >= 4 is 11.8 Å². The average molecular weight is 446 g/mol. The van der Waals surface area contributed by atoms with E-state index in [1.165, 1.54) is 5.56 Å². The molecular weight excluding hydrogens is 406 g/mol. The highest BCUT2D eigenvalue weighted by Gasteiger charge is 2.37. The standard InChI is InChI=1S/C25H39N3O4/c1-5-18(2)21-16-26-24(29)25(30)28(21)17-20-10-13-27(14-11-20)12-6-7-19-8-9-22(31-3)23(15-19)32-4/h8-9,15,18,20-21H,5-7,10-14,16-17H2,1-4H3,(H,26,29)/t18-,21+/m0/s1. The van der Waals surface area contributed by atoms with Gasteiger partial charge in [-0.2, -0.15) is 0 Å². The molecule has 2 amide bonds. The molecule has 2 aliphatic rings. The third-order valence-electron chi connectivity index (χ3n) is 7.18. The van der Waals surface area contributed by atoms with Crippen molar-refractivity contribution in [2.45, 2.75) is 52.0 Å². The Morgan fingerprint density at radius 1 is 1.12 bits per heavy atom. The molecule has 0 aromatic heterocycles. The van der Waals surface area contributed by atoms with E-state index in [9.17, 15) is 9.59 Å². The molecule has 2 saturated heterocycles. The zero-order valence-corrected chi connectivity index (χ0v) is 20.1. The molecule has 0 aliphatic carbocycles. The molecule has 178 valence electrons. The Morgan fingerprint density at radius 2 is 1.84 bits per heavy atom. The fourth-order valence-corrected chi connectivity index (χ4v) is 4.88. The first-order chi connectivity index (χ1) is 15.5.